The summed E-state index contributed by atoms with van der Waals surface area (Å²) in [5.41, 5.74) is 0. The average molecular weight is 124 g/mol. The van der Waals surface area contributed by atoms with Crippen LogP contribution in [0.15, 0.2) is 0 Å². The van der Waals surface area contributed by atoms with Crippen LogP contribution in [0.4, 0.5) is 0 Å². The van der Waals surface area contributed by atoms with Gasteiger partial charge in [0.2, 0.25) is 6.29 Å². The zero-order valence-corrected chi connectivity index (χ0v) is 4.68. The molecule has 0 saturated carbocycles. The Morgan fingerprint density at radius 3 is 2.67 bits per heavy atom. The maximum atomic E-state index is 9.36. The molecule has 0 aliphatic carbocycles. The third kappa shape index (κ3) is 4.31. The molecule has 0 spiro atoms. The summed E-state index contributed by atoms with van der Waals surface area (Å²) in [6.07, 6.45) is 1.70. The molecule has 0 bridgehead atoms. The maximum absolute atomic E-state index is 9.36. The lowest BCUT2D eigenvalue weighted by Gasteiger charge is -1.77. The molecule has 1 radical (unpaired) electrons. The molecule has 35 valence electrons. The van der Waals surface area contributed by atoms with Crippen molar-refractivity contribution >= 4 is 29.6 Å². The number of carbonyl (C=O) groups excluding carboxylic acids is 1. The standard InChI is InChI=1S/C3H4ClOS/c4-3-6-2-1-5/h2-3H2. The van der Waals surface area contributed by atoms with Crippen molar-refractivity contribution in [1.82, 2.24) is 0 Å². The molecule has 0 fully saturated rings. The normalized spacial score (nSPS) is 8.17. The van der Waals surface area contributed by atoms with Crippen LogP contribution >= 0.6 is 23.4 Å². The van der Waals surface area contributed by atoms with E-state index < -0.39 is 0 Å². The summed E-state index contributed by atoms with van der Waals surface area (Å²) < 4.78 is 0. The van der Waals surface area contributed by atoms with Gasteiger partial charge in [-0.3, -0.25) is 4.79 Å². The van der Waals surface area contributed by atoms with E-state index in [1.54, 1.807) is 6.29 Å². The van der Waals surface area contributed by atoms with Gasteiger partial charge in [-0.05, 0) is 0 Å². The molecular weight excluding hydrogens is 120 g/mol. The molecule has 0 N–H and O–H groups in total. The zero-order valence-electron chi connectivity index (χ0n) is 3.11. The summed E-state index contributed by atoms with van der Waals surface area (Å²) in [5.74, 6) is 0.392. The van der Waals surface area contributed by atoms with Gasteiger partial charge in [0, 0.05) is 0 Å². The van der Waals surface area contributed by atoms with Crippen molar-refractivity contribution in [2.45, 2.75) is 0 Å². The van der Waals surface area contributed by atoms with Crippen LogP contribution in [0.25, 0.3) is 0 Å². The number of thioether (sulfide) groups is 1. The molecule has 0 aromatic heterocycles. The third-order valence-electron chi connectivity index (χ3n) is 0.238. The van der Waals surface area contributed by atoms with Crippen molar-refractivity contribution < 1.29 is 4.79 Å². The van der Waals surface area contributed by atoms with Gasteiger partial charge in [-0.15, -0.1) is 23.4 Å². The topological polar surface area (TPSA) is 17.1 Å². The highest BCUT2D eigenvalue weighted by atomic mass is 35.5. The Morgan fingerprint density at radius 2 is 2.50 bits per heavy atom. The Morgan fingerprint density at radius 1 is 1.83 bits per heavy atom. The molecule has 0 amide bonds. The highest BCUT2D eigenvalue weighted by Gasteiger charge is 1.77. The first-order valence-electron chi connectivity index (χ1n) is 1.40. The summed E-state index contributed by atoms with van der Waals surface area (Å²) in [6, 6.07) is 0. The van der Waals surface area contributed by atoms with Crippen LogP contribution < -0.4 is 0 Å². The molecule has 3 heteroatoms. The van der Waals surface area contributed by atoms with E-state index >= 15 is 0 Å². The Labute approximate surface area is 46.1 Å². The van der Waals surface area contributed by atoms with Crippen LogP contribution in [-0.4, -0.2) is 17.3 Å². The van der Waals surface area contributed by atoms with Crippen molar-refractivity contribution in [3.8, 4) is 0 Å². The SMILES string of the molecule is O=[C]CSCCl. The minimum absolute atomic E-state index is 0.392. The first-order chi connectivity index (χ1) is 2.91. The predicted octanol–water partition coefficient (Wildman–Crippen LogP) is 1.03. The third-order valence-corrected chi connectivity index (χ3v) is 1.18. The summed E-state index contributed by atoms with van der Waals surface area (Å²) in [6.45, 7) is 0. The van der Waals surface area contributed by atoms with E-state index in [2.05, 4.69) is 0 Å². The molecule has 6 heavy (non-hydrogen) atoms. The van der Waals surface area contributed by atoms with Crippen LogP contribution in [0, 0.1) is 0 Å². The average Bonchev–Trinajstić information content (AvgIpc) is 1.61. The fourth-order valence-electron chi connectivity index (χ4n) is 0.0802. The summed E-state index contributed by atoms with van der Waals surface area (Å²) in [7, 11) is 0. The first kappa shape index (κ1) is 6.31. The van der Waals surface area contributed by atoms with Gasteiger partial charge in [-0.25, -0.2) is 0 Å². The summed E-state index contributed by atoms with van der Waals surface area (Å²) in [5, 5.41) is 0.481. The molecule has 0 aromatic carbocycles. The van der Waals surface area contributed by atoms with Crippen molar-refractivity contribution in [2.75, 3.05) is 11.0 Å². The number of alkyl halides is 1. The quantitative estimate of drug-likeness (QED) is 0.412. The fourth-order valence-corrected chi connectivity index (χ4v) is 0.472. The van der Waals surface area contributed by atoms with Gasteiger partial charge in [0.15, 0.2) is 0 Å². The molecule has 0 aliphatic heterocycles. The molecule has 0 heterocycles. The van der Waals surface area contributed by atoms with Gasteiger partial charge in [-0.1, -0.05) is 0 Å². The second kappa shape index (κ2) is 5.31. The van der Waals surface area contributed by atoms with Crippen LogP contribution in [-0.2, 0) is 4.79 Å². The van der Waals surface area contributed by atoms with E-state index in [1.807, 2.05) is 0 Å². The number of hydrogen-bond donors (Lipinski definition) is 0. The Kier molecular flexibility index (Phi) is 5.58. The van der Waals surface area contributed by atoms with E-state index in [0.29, 0.717) is 11.0 Å². The summed E-state index contributed by atoms with van der Waals surface area (Å²) >= 11 is 6.51. The van der Waals surface area contributed by atoms with Crippen LogP contribution in [0.1, 0.15) is 0 Å². The van der Waals surface area contributed by atoms with E-state index in [9.17, 15) is 4.79 Å². The van der Waals surface area contributed by atoms with Gasteiger partial charge in [0.05, 0.1) is 11.0 Å². The minimum Gasteiger partial charge on any atom is -0.290 e. The smallest absolute Gasteiger partial charge is 0.209 e. The fraction of sp³-hybridized carbons (Fsp3) is 0.667. The first-order valence-corrected chi connectivity index (χ1v) is 3.09. The lowest BCUT2D eigenvalue weighted by molar-refractivity contribution is 0.560. The van der Waals surface area contributed by atoms with Crippen molar-refractivity contribution in [3.05, 3.63) is 0 Å². The molecule has 0 atom stereocenters. The molecule has 0 saturated heterocycles. The van der Waals surface area contributed by atoms with Gasteiger partial charge in [0.25, 0.3) is 0 Å². The molecule has 0 aromatic rings. The molecule has 0 aliphatic rings. The van der Waals surface area contributed by atoms with Crippen molar-refractivity contribution in [1.29, 1.82) is 0 Å². The lowest BCUT2D eigenvalue weighted by atomic mass is 10.9. The van der Waals surface area contributed by atoms with E-state index in [1.165, 1.54) is 11.8 Å². The highest BCUT2D eigenvalue weighted by Crippen LogP contribution is 1.97. The van der Waals surface area contributed by atoms with Crippen molar-refractivity contribution in [3.63, 3.8) is 0 Å². The van der Waals surface area contributed by atoms with Crippen LogP contribution in [0.2, 0.25) is 0 Å². The van der Waals surface area contributed by atoms with Crippen LogP contribution in [0.5, 0.6) is 0 Å². The Bertz CT molecular complexity index is 39.8. The van der Waals surface area contributed by atoms with Gasteiger partial charge >= 0.3 is 0 Å². The number of hydrogen-bond acceptors (Lipinski definition) is 2. The molecule has 1 nitrogen and oxygen atoms in total. The monoisotopic (exact) mass is 123 g/mol. The Hall–Kier alpha value is 0.310. The van der Waals surface area contributed by atoms with Crippen LogP contribution in [0.3, 0.4) is 0 Å². The van der Waals surface area contributed by atoms with E-state index in [0.717, 1.165) is 0 Å². The molecule has 0 rings (SSSR count). The minimum atomic E-state index is 0.392. The number of rotatable bonds is 3. The van der Waals surface area contributed by atoms with Gasteiger partial charge in [-0.2, -0.15) is 0 Å². The second-order valence-electron chi connectivity index (χ2n) is 0.602. The van der Waals surface area contributed by atoms with Gasteiger partial charge < -0.3 is 0 Å². The van der Waals surface area contributed by atoms with E-state index in [-0.39, 0.29) is 0 Å². The molecule has 0 unspecified atom stereocenters. The highest BCUT2D eigenvalue weighted by molar-refractivity contribution is 8.00. The van der Waals surface area contributed by atoms with Gasteiger partial charge in [0.1, 0.15) is 0 Å². The summed E-state index contributed by atoms with van der Waals surface area (Å²) in [4.78, 5) is 9.36. The maximum Gasteiger partial charge on any atom is 0.209 e. The molecular formula is C3H4ClOS. The van der Waals surface area contributed by atoms with Crippen molar-refractivity contribution in [2.24, 2.45) is 0 Å². The predicted molar refractivity (Wildman–Crippen MR) is 28.9 cm³/mol. The zero-order chi connectivity index (χ0) is 4.83. The Balaban J connectivity index is 2.49. The van der Waals surface area contributed by atoms with E-state index in [4.69, 9.17) is 11.6 Å². The lowest BCUT2D eigenvalue weighted by Crippen LogP contribution is -1.74. The number of halogens is 1. The largest absolute Gasteiger partial charge is 0.290 e. The second-order valence-corrected chi connectivity index (χ2v) is 2.17.